The molecule has 0 fully saturated rings. The van der Waals surface area contributed by atoms with E-state index in [0.29, 0.717) is 34.2 Å². The van der Waals surface area contributed by atoms with Crippen molar-refractivity contribution in [2.45, 2.75) is 13.3 Å². The third kappa shape index (κ3) is 4.99. The maximum absolute atomic E-state index is 12.1. The number of nitrogens with one attached hydrogen (secondary N) is 1. The molecule has 0 bridgehead atoms. The number of furan rings is 1. The minimum atomic E-state index is -0.413. The Kier molecular flexibility index (Phi) is 5.94. The average molecular weight is 384 g/mol. The first-order valence-electron chi connectivity index (χ1n) is 8.50. The summed E-state index contributed by atoms with van der Waals surface area (Å²) in [5, 5.41) is 4.19. The smallest absolute Gasteiger partial charge is 0.338 e. The van der Waals surface area contributed by atoms with Crippen molar-refractivity contribution in [3.63, 3.8) is 0 Å². The van der Waals surface area contributed by atoms with Crippen LogP contribution in [0.1, 0.15) is 29.5 Å². The van der Waals surface area contributed by atoms with Crippen molar-refractivity contribution in [3.05, 3.63) is 71.0 Å². The van der Waals surface area contributed by atoms with Crippen LogP contribution in [-0.2, 0) is 9.53 Å². The number of ether oxygens (including phenoxy) is 1. The third-order valence-electron chi connectivity index (χ3n) is 3.70. The highest BCUT2D eigenvalue weighted by Crippen LogP contribution is 2.23. The summed E-state index contributed by atoms with van der Waals surface area (Å²) < 4.78 is 10.7. The molecule has 0 atom stereocenters. The Hall–Kier alpha value is -3.05. The number of hydrogen-bond donors (Lipinski definition) is 1. The molecule has 3 rings (SSSR count). The Morgan fingerprint density at radius 2 is 2.04 bits per heavy atom. The van der Waals surface area contributed by atoms with Crippen molar-refractivity contribution in [1.29, 1.82) is 0 Å². The van der Waals surface area contributed by atoms with E-state index >= 15 is 0 Å². The first kappa shape index (κ1) is 18.7. The predicted molar refractivity (Wildman–Crippen MR) is 106 cm³/mol. The summed E-state index contributed by atoms with van der Waals surface area (Å²) in [6.07, 6.45) is 3.69. The Morgan fingerprint density at radius 3 is 2.85 bits per heavy atom. The molecule has 0 aliphatic heterocycles. The lowest BCUT2D eigenvalue weighted by Gasteiger charge is -2.06. The van der Waals surface area contributed by atoms with E-state index in [1.807, 2.05) is 6.92 Å². The molecule has 1 N–H and O–H groups in total. The Morgan fingerprint density at radius 1 is 1.19 bits per heavy atom. The van der Waals surface area contributed by atoms with Gasteiger partial charge in [0.2, 0.25) is 5.91 Å². The van der Waals surface area contributed by atoms with Crippen LogP contribution in [0.25, 0.3) is 17.0 Å². The standard InChI is InChI=1S/C21H18ClNO4/c1-2-10-26-21(25)14-4-3-5-17(12-14)23-20(24)9-7-18-13-15-11-16(22)6-8-19(15)27-18/h3-9,11-13H,2,10H2,1H3,(H,23,24). The first-order chi connectivity index (χ1) is 13.0. The van der Waals surface area contributed by atoms with Gasteiger partial charge in [-0.05, 0) is 55.0 Å². The SMILES string of the molecule is CCCOC(=O)c1cccc(NC(=O)C=Cc2cc3cc(Cl)ccc3o2)c1. The van der Waals surface area contributed by atoms with E-state index < -0.39 is 5.97 Å². The molecule has 3 aromatic rings. The van der Waals surface area contributed by atoms with Crippen molar-refractivity contribution in [2.24, 2.45) is 0 Å². The van der Waals surface area contributed by atoms with Crippen molar-refractivity contribution in [3.8, 4) is 0 Å². The lowest BCUT2D eigenvalue weighted by Crippen LogP contribution is -2.10. The van der Waals surface area contributed by atoms with Gasteiger partial charge in [0.05, 0.1) is 12.2 Å². The molecule has 27 heavy (non-hydrogen) atoms. The lowest BCUT2D eigenvalue weighted by molar-refractivity contribution is -0.111. The second kappa shape index (κ2) is 8.56. The van der Waals surface area contributed by atoms with Crippen molar-refractivity contribution < 1.29 is 18.7 Å². The minimum Gasteiger partial charge on any atom is -0.462 e. The molecule has 1 amide bonds. The van der Waals surface area contributed by atoms with Gasteiger partial charge in [-0.3, -0.25) is 4.79 Å². The van der Waals surface area contributed by atoms with Crippen LogP contribution in [-0.4, -0.2) is 18.5 Å². The fourth-order valence-electron chi connectivity index (χ4n) is 2.46. The normalized spacial score (nSPS) is 11.0. The van der Waals surface area contributed by atoms with Crippen LogP contribution >= 0.6 is 11.6 Å². The number of carbonyl (C=O) groups excluding carboxylic acids is 2. The summed E-state index contributed by atoms with van der Waals surface area (Å²) in [7, 11) is 0. The molecule has 1 heterocycles. The zero-order valence-electron chi connectivity index (χ0n) is 14.7. The van der Waals surface area contributed by atoms with Crippen LogP contribution in [0, 0.1) is 0 Å². The van der Waals surface area contributed by atoms with E-state index in [4.69, 9.17) is 20.8 Å². The maximum atomic E-state index is 12.1. The lowest BCUT2D eigenvalue weighted by atomic mass is 10.2. The van der Waals surface area contributed by atoms with Gasteiger partial charge in [0.15, 0.2) is 0 Å². The minimum absolute atomic E-state index is 0.340. The molecule has 0 spiro atoms. The molecule has 1 aromatic heterocycles. The fraction of sp³-hybridized carbons (Fsp3) is 0.143. The van der Waals surface area contributed by atoms with E-state index in [-0.39, 0.29) is 5.91 Å². The molecular formula is C21H18ClNO4. The number of hydrogen-bond acceptors (Lipinski definition) is 4. The summed E-state index contributed by atoms with van der Waals surface area (Å²) in [6, 6.07) is 13.7. The molecule has 0 unspecified atom stereocenters. The molecule has 2 aromatic carbocycles. The average Bonchev–Trinajstić information content (AvgIpc) is 3.06. The first-order valence-corrected chi connectivity index (χ1v) is 8.88. The van der Waals surface area contributed by atoms with Gasteiger partial charge >= 0.3 is 5.97 Å². The quantitative estimate of drug-likeness (QED) is 0.463. The van der Waals surface area contributed by atoms with E-state index in [0.717, 1.165) is 11.8 Å². The van der Waals surface area contributed by atoms with Crippen LogP contribution in [0.4, 0.5) is 5.69 Å². The van der Waals surface area contributed by atoms with E-state index in [1.54, 1.807) is 54.6 Å². The Bertz CT molecular complexity index is 1010. The molecule has 138 valence electrons. The molecule has 5 nitrogen and oxygen atoms in total. The monoisotopic (exact) mass is 383 g/mol. The summed E-state index contributed by atoms with van der Waals surface area (Å²) in [5.74, 6) is -0.212. The molecule has 0 radical (unpaired) electrons. The molecule has 6 heteroatoms. The van der Waals surface area contributed by atoms with Crippen molar-refractivity contribution >= 4 is 46.2 Å². The highest BCUT2D eigenvalue weighted by atomic mass is 35.5. The number of halogens is 1. The maximum Gasteiger partial charge on any atom is 0.338 e. The molecular weight excluding hydrogens is 366 g/mol. The van der Waals surface area contributed by atoms with Gasteiger partial charge in [0.1, 0.15) is 11.3 Å². The predicted octanol–water partition coefficient (Wildman–Crippen LogP) is 5.30. The molecule has 0 saturated carbocycles. The number of fused-ring (bicyclic) bond motifs is 1. The fourth-order valence-corrected chi connectivity index (χ4v) is 2.64. The van der Waals surface area contributed by atoms with Crippen LogP contribution in [0.15, 0.2) is 59.0 Å². The second-order valence-electron chi connectivity index (χ2n) is 5.87. The van der Waals surface area contributed by atoms with Gasteiger partial charge < -0.3 is 14.5 Å². The Balaban J connectivity index is 1.66. The summed E-state index contributed by atoms with van der Waals surface area (Å²) in [4.78, 5) is 24.0. The van der Waals surface area contributed by atoms with Crippen LogP contribution in [0.5, 0.6) is 0 Å². The van der Waals surface area contributed by atoms with Gasteiger partial charge in [-0.15, -0.1) is 0 Å². The zero-order valence-corrected chi connectivity index (χ0v) is 15.5. The van der Waals surface area contributed by atoms with Gasteiger partial charge in [0.25, 0.3) is 0 Å². The highest BCUT2D eigenvalue weighted by Gasteiger charge is 2.08. The summed E-state index contributed by atoms with van der Waals surface area (Å²) in [5.41, 5.74) is 1.59. The zero-order chi connectivity index (χ0) is 19.2. The number of anilines is 1. The van der Waals surface area contributed by atoms with Gasteiger partial charge in [0, 0.05) is 22.2 Å². The van der Waals surface area contributed by atoms with E-state index in [2.05, 4.69) is 5.32 Å². The van der Waals surface area contributed by atoms with Crippen LogP contribution in [0.3, 0.4) is 0 Å². The van der Waals surface area contributed by atoms with Crippen LogP contribution in [0.2, 0.25) is 5.02 Å². The summed E-state index contributed by atoms with van der Waals surface area (Å²) in [6.45, 7) is 2.29. The van der Waals surface area contributed by atoms with E-state index in [1.165, 1.54) is 6.08 Å². The molecule has 0 aliphatic rings. The molecule has 0 aliphatic carbocycles. The van der Waals surface area contributed by atoms with Gasteiger partial charge in [-0.2, -0.15) is 0 Å². The second-order valence-corrected chi connectivity index (χ2v) is 6.31. The number of esters is 1. The summed E-state index contributed by atoms with van der Waals surface area (Å²) >= 11 is 5.95. The van der Waals surface area contributed by atoms with Gasteiger partial charge in [-0.1, -0.05) is 24.6 Å². The van der Waals surface area contributed by atoms with Crippen molar-refractivity contribution in [2.75, 3.05) is 11.9 Å². The topological polar surface area (TPSA) is 68.5 Å². The van der Waals surface area contributed by atoms with Crippen LogP contribution < -0.4 is 5.32 Å². The third-order valence-corrected chi connectivity index (χ3v) is 3.93. The number of rotatable bonds is 6. The number of carbonyl (C=O) groups is 2. The number of benzene rings is 2. The largest absolute Gasteiger partial charge is 0.462 e. The highest BCUT2D eigenvalue weighted by molar-refractivity contribution is 6.31. The van der Waals surface area contributed by atoms with Crippen molar-refractivity contribution in [1.82, 2.24) is 0 Å². The Labute approximate surface area is 161 Å². The van der Waals surface area contributed by atoms with E-state index in [9.17, 15) is 9.59 Å². The number of amides is 1. The molecule has 0 saturated heterocycles. The van der Waals surface area contributed by atoms with Gasteiger partial charge in [-0.25, -0.2) is 4.79 Å².